The van der Waals surface area contributed by atoms with E-state index < -0.39 is 6.41 Å². The summed E-state index contributed by atoms with van der Waals surface area (Å²) in [4.78, 5) is 11.7. The molecule has 7 heteroatoms. The summed E-state index contributed by atoms with van der Waals surface area (Å²) in [5.74, 6) is -0.346. The number of methoxy groups -OCH3 is 1. The number of rotatable bonds is 10. The Balaban J connectivity index is 1.73. The monoisotopic (exact) mass is 389 g/mol. The molecule has 0 saturated carbocycles. The maximum absolute atomic E-state index is 11.7. The Morgan fingerprint density at radius 2 is 2.04 bits per heavy atom. The lowest BCUT2D eigenvalue weighted by Crippen LogP contribution is -2.38. The molecular formula is C21H31N3O4. The number of aryl methyl sites for hydroxylation is 1. The first-order valence-electron chi connectivity index (χ1n) is 9.59. The van der Waals surface area contributed by atoms with E-state index in [1.54, 1.807) is 12.3 Å². The van der Waals surface area contributed by atoms with Crippen molar-refractivity contribution in [3.05, 3.63) is 42.2 Å². The number of carbonyl (C=O) groups is 1. The molecule has 1 heterocycles. The van der Waals surface area contributed by atoms with Crippen molar-refractivity contribution in [3.8, 4) is 11.1 Å². The summed E-state index contributed by atoms with van der Waals surface area (Å²) >= 11 is 0. The quantitative estimate of drug-likeness (QED) is 0.369. The van der Waals surface area contributed by atoms with E-state index in [9.17, 15) is 9.90 Å². The molecule has 2 aromatic rings. The third-order valence-electron chi connectivity index (χ3n) is 4.10. The highest BCUT2D eigenvalue weighted by molar-refractivity contribution is 5.90. The molecule has 0 amide bonds. The van der Waals surface area contributed by atoms with Gasteiger partial charge in [-0.15, -0.1) is 0 Å². The van der Waals surface area contributed by atoms with Gasteiger partial charge in [0.15, 0.2) is 0 Å². The van der Waals surface area contributed by atoms with Gasteiger partial charge in [0.25, 0.3) is 0 Å². The highest BCUT2D eigenvalue weighted by atomic mass is 16.6. The second-order valence-electron chi connectivity index (χ2n) is 7.66. The van der Waals surface area contributed by atoms with E-state index in [2.05, 4.69) is 10.4 Å². The number of aliphatic hydroxyl groups is 1. The van der Waals surface area contributed by atoms with Crippen molar-refractivity contribution < 1.29 is 19.4 Å². The summed E-state index contributed by atoms with van der Waals surface area (Å²) in [5, 5.41) is 17.1. The molecule has 0 aliphatic carbocycles. The molecule has 2 rings (SSSR count). The predicted molar refractivity (Wildman–Crippen MR) is 108 cm³/mol. The number of aliphatic hydroxyl groups excluding tert-OH is 1. The van der Waals surface area contributed by atoms with Gasteiger partial charge in [0.1, 0.15) is 0 Å². The number of benzene rings is 1. The van der Waals surface area contributed by atoms with Crippen LogP contribution in [0.3, 0.4) is 0 Å². The minimum Gasteiger partial charge on any atom is -0.465 e. The molecule has 7 nitrogen and oxygen atoms in total. The number of hydrogen-bond donors (Lipinski definition) is 2. The minimum atomic E-state index is -0.936. The number of unbranched alkanes of at least 4 members (excludes halogenated alkanes) is 2. The van der Waals surface area contributed by atoms with Crippen LogP contribution in [0.4, 0.5) is 0 Å². The second kappa shape index (κ2) is 10.4. The van der Waals surface area contributed by atoms with Gasteiger partial charge in [0.2, 0.25) is 6.41 Å². The number of nitrogens with zero attached hydrogens (tertiary/aromatic N) is 2. The first-order chi connectivity index (χ1) is 13.3. The fourth-order valence-corrected chi connectivity index (χ4v) is 2.76. The van der Waals surface area contributed by atoms with Crippen molar-refractivity contribution in [1.82, 2.24) is 15.1 Å². The maximum Gasteiger partial charge on any atom is 0.337 e. The van der Waals surface area contributed by atoms with Gasteiger partial charge in [-0.2, -0.15) is 5.10 Å². The Labute approximate surface area is 166 Å². The predicted octanol–water partition coefficient (Wildman–Crippen LogP) is 3.19. The fourth-order valence-electron chi connectivity index (χ4n) is 2.76. The largest absolute Gasteiger partial charge is 0.465 e. The molecule has 1 unspecified atom stereocenters. The van der Waals surface area contributed by atoms with Crippen molar-refractivity contribution in [2.75, 3.05) is 13.7 Å². The Morgan fingerprint density at radius 1 is 1.25 bits per heavy atom. The molecule has 2 N–H and O–H groups in total. The Kier molecular flexibility index (Phi) is 8.17. The molecule has 0 bridgehead atoms. The van der Waals surface area contributed by atoms with Gasteiger partial charge in [-0.3, -0.25) is 10.00 Å². The van der Waals surface area contributed by atoms with E-state index in [0.717, 1.165) is 36.9 Å². The fraction of sp³-hybridized carbons (Fsp3) is 0.524. The SMILES string of the molecule is COC(=O)c1cccc(-c2cnn(CCCCCNC(O)OC(C)(C)C)c2)c1. The number of hydrogen-bond acceptors (Lipinski definition) is 6. The molecule has 0 aliphatic rings. The first-order valence-corrected chi connectivity index (χ1v) is 9.59. The van der Waals surface area contributed by atoms with Gasteiger partial charge in [0.05, 0.1) is 24.5 Å². The molecular weight excluding hydrogens is 358 g/mol. The van der Waals surface area contributed by atoms with Crippen LogP contribution in [0.5, 0.6) is 0 Å². The van der Waals surface area contributed by atoms with Gasteiger partial charge in [-0.05, 0) is 57.9 Å². The Morgan fingerprint density at radius 3 is 2.75 bits per heavy atom. The van der Waals surface area contributed by atoms with Gasteiger partial charge < -0.3 is 14.6 Å². The van der Waals surface area contributed by atoms with Crippen LogP contribution < -0.4 is 5.32 Å². The highest BCUT2D eigenvalue weighted by Crippen LogP contribution is 2.20. The average Bonchev–Trinajstić information content (AvgIpc) is 3.11. The van der Waals surface area contributed by atoms with Crippen LogP contribution in [0.15, 0.2) is 36.7 Å². The minimum absolute atomic E-state index is 0.346. The van der Waals surface area contributed by atoms with Crippen molar-refractivity contribution in [3.63, 3.8) is 0 Å². The van der Waals surface area contributed by atoms with E-state index in [4.69, 9.17) is 9.47 Å². The molecule has 154 valence electrons. The van der Waals surface area contributed by atoms with Crippen LogP contribution in [0.1, 0.15) is 50.4 Å². The molecule has 0 radical (unpaired) electrons. The zero-order valence-electron chi connectivity index (χ0n) is 17.1. The summed E-state index contributed by atoms with van der Waals surface area (Å²) < 4.78 is 12.1. The van der Waals surface area contributed by atoms with Crippen molar-refractivity contribution in [2.45, 2.75) is 58.6 Å². The van der Waals surface area contributed by atoms with E-state index >= 15 is 0 Å². The second-order valence-corrected chi connectivity index (χ2v) is 7.66. The zero-order chi connectivity index (χ0) is 20.6. The standard InChI is InChI=1S/C21H31N3O4/c1-21(2,3)28-20(26)22-11-6-5-7-12-24-15-18(14-23-24)16-9-8-10-17(13-16)19(25)27-4/h8-10,13-15,20,22,26H,5-7,11-12H2,1-4H3. The molecule has 0 spiro atoms. The molecule has 1 atom stereocenters. The number of nitrogens with one attached hydrogen (secondary N) is 1. The molecule has 0 aliphatic heterocycles. The van der Waals surface area contributed by atoms with Gasteiger partial charge in [-0.25, -0.2) is 4.79 Å². The molecule has 0 fully saturated rings. The van der Waals surface area contributed by atoms with Gasteiger partial charge in [0, 0.05) is 18.3 Å². The van der Waals surface area contributed by atoms with E-state index in [1.807, 2.05) is 49.8 Å². The lowest BCUT2D eigenvalue weighted by molar-refractivity contribution is -0.181. The summed E-state index contributed by atoms with van der Waals surface area (Å²) in [7, 11) is 1.38. The lowest BCUT2D eigenvalue weighted by Gasteiger charge is -2.24. The maximum atomic E-state index is 11.7. The van der Waals surface area contributed by atoms with Crippen LogP contribution in [0.25, 0.3) is 11.1 Å². The van der Waals surface area contributed by atoms with Gasteiger partial charge in [-0.1, -0.05) is 18.6 Å². The molecule has 28 heavy (non-hydrogen) atoms. The number of aromatic nitrogens is 2. The number of esters is 1. The van der Waals surface area contributed by atoms with Crippen molar-refractivity contribution in [1.29, 1.82) is 0 Å². The smallest absolute Gasteiger partial charge is 0.337 e. The normalized spacial score (nSPS) is 12.8. The summed E-state index contributed by atoms with van der Waals surface area (Å²) in [6.07, 6.45) is 5.80. The van der Waals surface area contributed by atoms with E-state index in [-0.39, 0.29) is 11.6 Å². The first kappa shape index (κ1) is 22.1. The number of ether oxygens (including phenoxy) is 2. The highest BCUT2D eigenvalue weighted by Gasteiger charge is 2.15. The topological polar surface area (TPSA) is 85.6 Å². The average molecular weight is 389 g/mol. The lowest BCUT2D eigenvalue weighted by atomic mass is 10.1. The zero-order valence-corrected chi connectivity index (χ0v) is 17.1. The summed E-state index contributed by atoms with van der Waals surface area (Å²) in [6, 6.07) is 7.33. The summed E-state index contributed by atoms with van der Waals surface area (Å²) in [6.45, 7) is 7.23. The third kappa shape index (κ3) is 7.42. The van der Waals surface area contributed by atoms with Crippen molar-refractivity contribution >= 4 is 5.97 Å². The molecule has 1 aromatic carbocycles. The van der Waals surface area contributed by atoms with Crippen LogP contribution in [0, 0.1) is 0 Å². The molecule has 0 saturated heterocycles. The summed E-state index contributed by atoms with van der Waals surface area (Å²) in [5.41, 5.74) is 2.06. The van der Waals surface area contributed by atoms with Crippen LogP contribution >= 0.6 is 0 Å². The van der Waals surface area contributed by atoms with E-state index in [1.165, 1.54) is 7.11 Å². The molecule has 1 aromatic heterocycles. The van der Waals surface area contributed by atoms with E-state index in [0.29, 0.717) is 12.1 Å². The van der Waals surface area contributed by atoms with Gasteiger partial charge >= 0.3 is 5.97 Å². The van der Waals surface area contributed by atoms with Crippen LogP contribution in [-0.4, -0.2) is 46.5 Å². The third-order valence-corrected chi connectivity index (χ3v) is 4.10. The van der Waals surface area contributed by atoms with Crippen LogP contribution in [-0.2, 0) is 16.0 Å². The number of carbonyl (C=O) groups excluding carboxylic acids is 1. The Bertz CT molecular complexity index is 752. The van der Waals surface area contributed by atoms with Crippen molar-refractivity contribution in [2.24, 2.45) is 0 Å². The Hall–Kier alpha value is -2.22. The van der Waals surface area contributed by atoms with Crippen LogP contribution in [0.2, 0.25) is 0 Å².